The lowest BCUT2D eigenvalue weighted by Gasteiger charge is -2.17. The van der Waals surface area contributed by atoms with Gasteiger partial charge in [0.1, 0.15) is 18.6 Å². The van der Waals surface area contributed by atoms with Crippen LogP contribution >= 0.6 is 0 Å². The van der Waals surface area contributed by atoms with Gasteiger partial charge in [0.25, 0.3) is 5.91 Å². The Balaban J connectivity index is 1.90. The van der Waals surface area contributed by atoms with Crippen molar-refractivity contribution >= 4 is 5.91 Å². The quantitative estimate of drug-likeness (QED) is 0.496. The Morgan fingerprint density at radius 3 is 2.03 bits per heavy atom. The standard InChI is InChI=1S/C19H13F9N6O/c1-9(13-14(30-3-2-29-13)15-31-8-34(33-15)7-17(20,21)22)32-16(35)10-4-11(18(23,24)25)6-12(5-10)19(26,27)28/h2-6,8-9H,7H2,1H3,(H,32,35). The number of alkyl halides is 9. The predicted molar refractivity (Wildman–Crippen MR) is 99.4 cm³/mol. The van der Waals surface area contributed by atoms with E-state index in [2.05, 4.69) is 25.4 Å². The first kappa shape index (κ1) is 25.9. The molecule has 1 atom stereocenters. The second-order valence-corrected chi connectivity index (χ2v) is 7.16. The van der Waals surface area contributed by atoms with E-state index >= 15 is 0 Å². The predicted octanol–water partition coefficient (Wildman–Crippen LogP) is 4.83. The molecule has 0 aliphatic carbocycles. The number of nitrogens with zero attached hydrogens (tertiary/aromatic N) is 5. The molecular formula is C19H13F9N6O. The molecule has 2 aromatic heterocycles. The zero-order valence-corrected chi connectivity index (χ0v) is 17.3. The average Bonchev–Trinajstić information content (AvgIpc) is 3.18. The van der Waals surface area contributed by atoms with Gasteiger partial charge in [0.15, 0.2) is 0 Å². The van der Waals surface area contributed by atoms with Crippen LogP contribution in [0.5, 0.6) is 0 Å². The van der Waals surface area contributed by atoms with Crippen LogP contribution in [0.2, 0.25) is 0 Å². The van der Waals surface area contributed by atoms with E-state index < -0.39 is 53.7 Å². The van der Waals surface area contributed by atoms with Crippen LogP contribution in [0.3, 0.4) is 0 Å². The summed E-state index contributed by atoms with van der Waals surface area (Å²) in [4.78, 5) is 24.1. The summed E-state index contributed by atoms with van der Waals surface area (Å²) in [6.07, 6.45) is -11.8. The van der Waals surface area contributed by atoms with Gasteiger partial charge in [-0.15, -0.1) is 5.10 Å². The SMILES string of the molecule is CC(NC(=O)c1cc(C(F)(F)F)cc(C(F)(F)F)c1)c1nccnc1-c1ncn(CC(F)(F)F)n1. The van der Waals surface area contributed by atoms with Crippen molar-refractivity contribution in [3.63, 3.8) is 0 Å². The van der Waals surface area contributed by atoms with Crippen LogP contribution < -0.4 is 5.32 Å². The van der Waals surface area contributed by atoms with Gasteiger partial charge in [0.2, 0.25) is 5.82 Å². The van der Waals surface area contributed by atoms with E-state index in [4.69, 9.17) is 0 Å². The second kappa shape index (κ2) is 9.14. The molecule has 7 nitrogen and oxygen atoms in total. The van der Waals surface area contributed by atoms with Crippen molar-refractivity contribution in [2.75, 3.05) is 0 Å². The third kappa shape index (κ3) is 6.45. The topological polar surface area (TPSA) is 85.6 Å². The van der Waals surface area contributed by atoms with Gasteiger partial charge in [-0.3, -0.25) is 9.78 Å². The average molecular weight is 512 g/mol. The van der Waals surface area contributed by atoms with Gasteiger partial charge in [-0.1, -0.05) is 0 Å². The van der Waals surface area contributed by atoms with Gasteiger partial charge in [-0.2, -0.15) is 39.5 Å². The lowest BCUT2D eigenvalue weighted by Crippen LogP contribution is -2.28. The molecular weight excluding hydrogens is 499 g/mol. The van der Waals surface area contributed by atoms with E-state index in [0.29, 0.717) is 4.68 Å². The van der Waals surface area contributed by atoms with Crippen LogP contribution in [0, 0.1) is 0 Å². The highest BCUT2D eigenvalue weighted by Gasteiger charge is 2.37. The zero-order valence-electron chi connectivity index (χ0n) is 17.3. The van der Waals surface area contributed by atoms with E-state index in [-0.39, 0.29) is 35.4 Å². The van der Waals surface area contributed by atoms with E-state index in [1.807, 2.05) is 0 Å². The number of carbonyl (C=O) groups is 1. The van der Waals surface area contributed by atoms with Crippen molar-refractivity contribution in [1.29, 1.82) is 0 Å². The molecule has 1 amide bonds. The normalized spacial score (nSPS) is 13.5. The fourth-order valence-electron chi connectivity index (χ4n) is 2.94. The molecule has 0 saturated heterocycles. The summed E-state index contributed by atoms with van der Waals surface area (Å²) in [5, 5.41) is 5.85. The minimum absolute atomic E-state index is 0.0892. The number of aromatic nitrogens is 5. The molecule has 2 heterocycles. The fraction of sp³-hybridized carbons (Fsp3) is 0.316. The first-order valence-corrected chi connectivity index (χ1v) is 9.42. The Morgan fingerprint density at radius 1 is 0.914 bits per heavy atom. The minimum atomic E-state index is -5.15. The summed E-state index contributed by atoms with van der Waals surface area (Å²) in [5.41, 5.74) is -4.51. The monoisotopic (exact) mass is 512 g/mol. The molecule has 1 aromatic carbocycles. The summed E-state index contributed by atoms with van der Waals surface area (Å²) < 4.78 is 117. The third-order valence-electron chi connectivity index (χ3n) is 4.42. The van der Waals surface area contributed by atoms with E-state index in [0.717, 1.165) is 18.7 Å². The van der Waals surface area contributed by atoms with E-state index in [9.17, 15) is 44.3 Å². The highest BCUT2D eigenvalue weighted by Crippen LogP contribution is 2.36. The molecule has 188 valence electrons. The van der Waals surface area contributed by atoms with Gasteiger partial charge in [0.05, 0.1) is 22.9 Å². The maximum atomic E-state index is 13.1. The van der Waals surface area contributed by atoms with Crippen molar-refractivity contribution in [2.24, 2.45) is 0 Å². The Kier molecular flexibility index (Phi) is 6.77. The first-order chi connectivity index (χ1) is 16.0. The molecule has 0 saturated carbocycles. The lowest BCUT2D eigenvalue weighted by atomic mass is 10.0. The number of amides is 1. The summed E-state index contributed by atoms with van der Waals surface area (Å²) in [7, 11) is 0. The van der Waals surface area contributed by atoms with Crippen molar-refractivity contribution in [1.82, 2.24) is 30.0 Å². The van der Waals surface area contributed by atoms with Crippen molar-refractivity contribution < 1.29 is 44.3 Å². The van der Waals surface area contributed by atoms with E-state index in [1.165, 1.54) is 6.92 Å². The van der Waals surface area contributed by atoms with Crippen LogP contribution in [0.25, 0.3) is 11.5 Å². The maximum Gasteiger partial charge on any atom is 0.416 e. The van der Waals surface area contributed by atoms with Crippen molar-refractivity contribution in [3.8, 4) is 11.5 Å². The third-order valence-corrected chi connectivity index (χ3v) is 4.42. The van der Waals surface area contributed by atoms with Crippen LogP contribution in [0.4, 0.5) is 39.5 Å². The molecule has 1 N–H and O–H groups in total. The Labute approximate surface area is 190 Å². The molecule has 3 aromatic rings. The lowest BCUT2D eigenvalue weighted by molar-refractivity contribution is -0.144. The smallest absolute Gasteiger partial charge is 0.344 e. The van der Waals surface area contributed by atoms with Crippen molar-refractivity contribution in [3.05, 3.63) is 59.3 Å². The molecule has 0 aliphatic rings. The molecule has 3 rings (SSSR count). The Bertz CT molecular complexity index is 1180. The van der Waals surface area contributed by atoms with Crippen LogP contribution in [0.1, 0.15) is 40.1 Å². The highest BCUT2D eigenvalue weighted by molar-refractivity contribution is 5.95. The number of carbonyl (C=O) groups excluding carboxylic acids is 1. The van der Waals surface area contributed by atoms with Gasteiger partial charge < -0.3 is 5.32 Å². The number of hydrogen-bond donors (Lipinski definition) is 1. The number of halogens is 9. The molecule has 0 aliphatic heterocycles. The van der Waals surface area contributed by atoms with Crippen LogP contribution in [0.15, 0.2) is 36.9 Å². The van der Waals surface area contributed by atoms with Gasteiger partial charge >= 0.3 is 18.5 Å². The maximum absolute atomic E-state index is 13.1. The van der Waals surface area contributed by atoms with Crippen molar-refractivity contribution in [2.45, 2.75) is 38.0 Å². The Morgan fingerprint density at radius 2 is 1.49 bits per heavy atom. The number of rotatable bonds is 5. The molecule has 1 unspecified atom stereocenters. The number of nitrogens with one attached hydrogen (secondary N) is 1. The molecule has 0 fully saturated rings. The molecule has 35 heavy (non-hydrogen) atoms. The minimum Gasteiger partial charge on any atom is -0.344 e. The van der Waals surface area contributed by atoms with Gasteiger partial charge in [0, 0.05) is 18.0 Å². The summed E-state index contributed by atoms with van der Waals surface area (Å²) >= 11 is 0. The number of benzene rings is 1. The van der Waals surface area contributed by atoms with Gasteiger partial charge in [-0.25, -0.2) is 14.6 Å². The first-order valence-electron chi connectivity index (χ1n) is 9.42. The zero-order chi connectivity index (χ0) is 26.2. The molecule has 0 spiro atoms. The van der Waals surface area contributed by atoms with Gasteiger partial charge in [-0.05, 0) is 25.1 Å². The van der Waals surface area contributed by atoms with E-state index in [1.54, 1.807) is 0 Å². The highest BCUT2D eigenvalue weighted by atomic mass is 19.4. The largest absolute Gasteiger partial charge is 0.416 e. The van der Waals surface area contributed by atoms with Crippen LogP contribution in [-0.2, 0) is 18.9 Å². The number of hydrogen-bond acceptors (Lipinski definition) is 5. The molecule has 16 heteroatoms. The Hall–Kier alpha value is -3.72. The molecule has 0 radical (unpaired) electrons. The summed E-state index contributed by atoms with van der Waals surface area (Å²) in [6, 6.07) is -0.765. The van der Waals surface area contributed by atoms with Crippen LogP contribution in [-0.4, -0.2) is 36.8 Å². The summed E-state index contributed by atoms with van der Waals surface area (Å²) in [5.74, 6) is -1.59. The fourth-order valence-corrected chi connectivity index (χ4v) is 2.94. The molecule has 0 bridgehead atoms. The second-order valence-electron chi connectivity index (χ2n) is 7.16. The summed E-state index contributed by atoms with van der Waals surface area (Å²) in [6.45, 7) is -0.157.